The fourth-order valence-electron chi connectivity index (χ4n) is 3.22. The van der Waals surface area contributed by atoms with Crippen molar-refractivity contribution in [3.8, 4) is 0 Å². The van der Waals surface area contributed by atoms with Gasteiger partial charge in [-0.15, -0.1) is 0 Å². The highest BCUT2D eigenvalue weighted by Gasteiger charge is 2.23. The van der Waals surface area contributed by atoms with Gasteiger partial charge in [0.05, 0.1) is 13.2 Å². The van der Waals surface area contributed by atoms with E-state index in [1.165, 1.54) is 5.56 Å². The number of benzene rings is 1. The number of nitrogens with one attached hydrogen (secondary N) is 1. The van der Waals surface area contributed by atoms with Crippen molar-refractivity contribution in [3.05, 3.63) is 34.3 Å². The van der Waals surface area contributed by atoms with Crippen LogP contribution in [0.5, 0.6) is 0 Å². The maximum Gasteiger partial charge on any atom is 0.193 e. The smallest absolute Gasteiger partial charge is 0.193 e. The average Bonchev–Trinajstić information content (AvgIpc) is 2.70. The molecule has 1 aliphatic heterocycles. The summed E-state index contributed by atoms with van der Waals surface area (Å²) < 4.78 is 11.6. The predicted octanol–water partition coefficient (Wildman–Crippen LogP) is 2.76. The molecule has 1 fully saturated rings. The van der Waals surface area contributed by atoms with Crippen molar-refractivity contribution in [3.63, 3.8) is 0 Å². The Morgan fingerprint density at radius 3 is 2.48 bits per heavy atom. The number of methoxy groups -OCH3 is 1. The standard InChI is InChI=1S/C20H33BrN4O2/c1-17(18-5-7-19(21)8-6-18)24-10-12-25(13-11-24)20(22-2)23-9-4-14-27-16-15-26-3/h5-8,17H,4,9-16H2,1-3H3,(H,22,23). The highest BCUT2D eigenvalue weighted by Crippen LogP contribution is 2.23. The molecule has 2 rings (SSSR count). The van der Waals surface area contributed by atoms with Crippen LogP contribution in [0.2, 0.25) is 0 Å². The van der Waals surface area contributed by atoms with Gasteiger partial charge in [0, 0.05) is 64.0 Å². The molecule has 1 saturated heterocycles. The van der Waals surface area contributed by atoms with Gasteiger partial charge in [0.25, 0.3) is 0 Å². The lowest BCUT2D eigenvalue weighted by atomic mass is 10.1. The molecule has 1 aromatic carbocycles. The van der Waals surface area contributed by atoms with Gasteiger partial charge in [0.2, 0.25) is 0 Å². The number of ether oxygens (including phenoxy) is 2. The number of rotatable bonds is 9. The van der Waals surface area contributed by atoms with Crippen LogP contribution in [0.4, 0.5) is 0 Å². The Morgan fingerprint density at radius 1 is 1.15 bits per heavy atom. The van der Waals surface area contributed by atoms with Gasteiger partial charge < -0.3 is 19.7 Å². The molecule has 1 heterocycles. The van der Waals surface area contributed by atoms with Crippen LogP contribution in [0.15, 0.2) is 33.7 Å². The number of halogens is 1. The summed E-state index contributed by atoms with van der Waals surface area (Å²) in [6.45, 7) is 9.27. The van der Waals surface area contributed by atoms with E-state index in [0.29, 0.717) is 19.3 Å². The molecule has 27 heavy (non-hydrogen) atoms. The molecule has 7 heteroatoms. The van der Waals surface area contributed by atoms with Crippen molar-refractivity contribution in [2.75, 3.05) is 66.7 Å². The molecule has 1 atom stereocenters. The lowest BCUT2D eigenvalue weighted by Gasteiger charge is -2.39. The Kier molecular flexibility index (Phi) is 10.1. The van der Waals surface area contributed by atoms with Gasteiger partial charge in [0.15, 0.2) is 5.96 Å². The first-order valence-corrected chi connectivity index (χ1v) is 10.5. The van der Waals surface area contributed by atoms with Crippen molar-refractivity contribution in [2.24, 2.45) is 4.99 Å². The summed E-state index contributed by atoms with van der Waals surface area (Å²) in [6.07, 6.45) is 0.962. The SMILES string of the molecule is CN=C(NCCCOCCOC)N1CCN(C(C)c2ccc(Br)cc2)CC1. The summed E-state index contributed by atoms with van der Waals surface area (Å²) >= 11 is 3.51. The van der Waals surface area contributed by atoms with E-state index in [1.54, 1.807) is 7.11 Å². The van der Waals surface area contributed by atoms with Gasteiger partial charge in [0.1, 0.15) is 0 Å². The third-order valence-corrected chi connectivity index (χ3v) is 5.43. The molecule has 1 aromatic rings. The first-order valence-electron chi connectivity index (χ1n) is 9.67. The monoisotopic (exact) mass is 440 g/mol. The Balaban J connectivity index is 1.70. The third kappa shape index (κ3) is 7.41. The molecule has 0 spiro atoms. The zero-order valence-corrected chi connectivity index (χ0v) is 18.4. The largest absolute Gasteiger partial charge is 0.382 e. The minimum atomic E-state index is 0.430. The van der Waals surface area contributed by atoms with E-state index in [0.717, 1.165) is 56.2 Å². The van der Waals surface area contributed by atoms with Crippen molar-refractivity contribution < 1.29 is 9.47 Å². The highest BCUT2D eigenvalue weighted by molar-refractivity contribution is 9.10. The zero-order valence-electron chi connectivity index (χ0n) is 16.8. The van der Waals surface area contributed by atoms with Crippen LogP contribution >= 0.6 is 15.9 Å². The van der Waals surface area contributed by atoms with E-state index in [1.807, 2.05) is 7.05 Å². The number of piperazine rings is 1. The number of hydrogen-bond donors (Lipinski definition) is 1. The van der Waals surface area contributed by atoms with Crippen molar-refractivity contribution in [1.29, 1.82) is 0 Å². The Labute approximate surface area is 172 Å². The van der Waals surface area contributed by atoms with Gasteiger partial charge in [-0.05, 0) is 31.0 Å². The van der Waals surface area contributed by atoms with E-state index >= 15 is 0 Å². The average molecular weight is 441 g/mol. The minimum Gasteiger partial charge on any atom is -0.382 e. The second kappa shape index (κ2) is 12.3. The zero-order chi connectivity index (χ0) is 19.5. The molecule has 0 aliphatic carbocycles. The van der Waals surface area contributed by atoms with E-state index in [-0.39, 0.29) is 0 Å². The van der Waals surface area contributed by atoms with Crippen LogP contribution in [-0.4, -0.2) is 82.5 Å². The van der Waals surface area contributed by atoms with E-state index in [2.05, 4.69) is 67.2 Å². The molecule has 6 nitrogen and oxygen atoms in total. The van der Waals surface area contributed by atoms with Crippen LogP contribution in [0.3, 0.4) is 0 Å². The fraction of sp³-hybridized carbons (Fsp3) is 0.650. The summed E-state index contributed by atoms with van der Waals surface area (Å²) in [7, 11) is 3.54. The quantitative estimate of drug-likeness (QED) is 0.363. The summed E-state index contributed by atoms with van der Waals surface area (Å²) in [4.78, 5) is 9.33. The molecule has 1 N–H and O–H groups in total. The maximum absolute atomic E-state index is 5.50. The number of hydrogen-bond acceptors (Lipinski definition) is 4. The Morgan fingerprint density at radius 2 is 1.85 bits per heavy atom. The molecule has 152 valence electrons. The highest BCUT2D eigenvalue weighted by atomic mass is 79.9. The van der Waals surface area contributed by atoms with E-state index < -0.39 is 0 Å². The Bertz CT molecular complexity index is 560. The summed E-state index contributed by atoms with van der Waals surface area (Å²) in [6, 6.07) is 9.08. The lowest BCUT2D eigenvalue weighted by molar-refractivity contribution is 0.0697. The number of guanidine groups is 1. The van der Waals surface area contributed by atoms with Gasteiger partial charge in [-0.25, -0.2) is 0 Å². The van der Waals surface area contributed by atoms with E-state index in [9.17, 15) is 0 Å². The summed E-state index contributed by atoms with van der Waals surface area (Å²) in [5, 5.41) is 3.45. The van der Waals surface area contributed by atoms with Crippen molar-refractivity contribution in [2.45, 2.75) is 19.4 Å². The van der Waals surface area contributed by atoms with Crippen molar-refractivity contribution in [1.82, 2.24) is 15.1 Å². The van der Waals surface area contributed by atoms with E-state index in [4.69, 9.17) is 9.47 Å². The van der Waals surface area contributed by atoms with Gasteiger partial charge in [-0.1, -0.05) is 28.1 Å². The molecule has 0 saturated carbocycles. The van der Waals surface area contributed by atoms with Gasteiger partial charge >= 0.3 is 0 Å². The van der Waals surface area contributed by atoms with Crippen LogP contribution < -0.4 is 5.32 Å². The van der Waals surface area contributed by atoms with Gasteiger partial charge in [-0.3, -0.25) is 9.89 Å². The molecular weight excluding hydrogens is 408 g/mol. The van der Waals surface area contributed by atoms with Crippen LogP contribution in [-0.2, 0) is 9.47 Å². The Hall–Kier alpha value is -1.15. The summed E-state index contributed by atoms with van der Waals surface area (Å²) in [5.74, 6) is 0.989. The predicted molar refractivity (Wildman–Crippen MR) is 114 cm³/mol. The van der Waals surface area contributed by atoms with Gasteiger partial charge in [-0.2, -0.15) is 0 Å². The first-order chi connectivity index (χ1) is 13.2. The normalized spacial score (nSPS) is 17.2. The second-order valence-corrected chi connectivity index (χ2v) is 7.60. The van der Waals surface area contributed by atoms with Crippen LogP contribution in [0, 0.1) is 0 Å². The molecule has 0 aromatic heterocycles. The van der Waals surface area contributed by atoms with Crippen LogP contribution in [0.25, 0.3) is 0 Å². The van der Waals surface area contributed by atoms with Crippen molar-refractivity contribution >= 4 is 21.9 Å². The first kappa shape index (κ1) is 22.1. The molecule has 1 aliphatic rings. The topological polar surface area (TPSA) is 49.3 Å². The molecule has 0 bridgehead atoms. The maximum atomic E-state index is 5.50. The molecule has 0 amide bonds. The lowest BCUT2D eigenvalue weighted by Crippen LogP contribution is -2.53. The molecular formula is C20H33BrN4O2. The minimum absolute atomic E-state index is 0.430. The molecule has 0 radical (unpaired) electrons. The third-order valence-electron chi connectivity index (χ3n) is 4.91. The second-order valence-electron chi connectivity index (χ2n) is 6.68. The number of nitrogens with zero attached hydrogens (tertiary/aromatic N) is 3. The fourth-order valence-corrected chi connectivity index (χ4v) is 3.49. The number of aliphatic imine (C=N–C) groups is 1. The summed E-state index contributed by atoms with van der Waals surface area (Å²) in [5.41, 5.74) is 1.36. The van der Waals surface area contributed by atoms with Crippen LogP contribution in [0.1, 0.15) is 24.9 Å². The molecule has 1 unspecified atom stereocenters.